The van der Waals surface area contributed by atoms with Crippen LogP contribution in [0.1, 0.15) is 5.69 Å². The first-order valence-corrected chi connectivity index (χ1v) is 6.34. The number of carboxylic acids is 1. The number of nitrogens with zero attached hydrogens (tertiary/aromatic N) is 2. The minimum atomic E-state index is -0.940. The van der Waals surface area contributed by atoms with Gasteiger partial charge in [-0.3, -0.25) is 9.78 Å². The van der Waals surface area contributed by atoms with Gasteiger partial charge in [0.25, 0.3) is 0 Å². The van der Waals surface area contributed by atoms with E-state index in [1.807, 2.05) is 6.07 Å². The first-order chi connectivity index (χ1) is 8.18. The fourth-order valence-corrected chi connectivity index (χ4v) is 2.82. The Hall–Kier alpha value is -1.56. The van der Waals surface area contributed by atoms with Crippen molar-refractivity contribution >= 4 is 23.6 Å². The predicted octanol–water partition coefficient (Wildman–Crippen LogP) is 0.610. The van der Waals surface area contributed by atoms with Crippen molar-refractivity contribution in [1.82, 2.24) is 9.88 Å². The molecule has 1 atom stereocenters. The van der Waals surface area contributed by atoms with Crippen molar-refractivity contribution in [3.8, 4) is 0 Å². The van der Waals surface area contributed by atoms with Gasteiger partial charge in [0.05, 0.1) is 12.3 Å². The fraction of sp³-hybridized carbons (Fsp3) is 0.364. The second-order valence-corrected chi connectivity index (χ2v) is 4.72. The number of thioether (sulfide) groups is 1. The molecule has 1 fully saturated rings. The summed E-state index contributed by atoms with van der Waals surface area (Å²) in [5.74, 6) is -0.211. The van der Waals surface area contributed by atoms with Crippen LogP contribution in [-0.2, 0) is 16.0 Å². The van der Waals surface area contributed by atoms with E-state index in [-0.39, 0.29) is 12.3 Å². The van der Waals surface area contributed by atoms with Crippen LogP contribution in [0, 0.1) is 0 Å². The van der Waals surface area contributed by atoms with Gasteiger partial charge in [-0.05, 0) is 12.1 Å². The third-order valence-electron chi connectivity index (χ3n) is 2.55. The Labute approximate surface area is 103 Å². The number of rotatable bonds is 3. The molecule has 2 rings (SSSR count). The van der Waals surface area contributed by atoms with Gasteiger partial charge < -0.3 is 10.0 Å². The zero-order valence-corrected chi connectivity index (χ0v) is 9.89. The maximum atomic E-state index is 11.9. The lowest BCUT2D eigenvalue weighted by atomic mass is 10.2. The Bertz CT molecular complexity index is 424. The molecular weight excluding hydrogens is 240 g/mol. The van der Waals surface area contributed by atoms with Gasteiger partial charge in [-0.1, -0.05) is 6.07 Å². The first kappa shape index (κ1) is 11.9. The molecule has 1 amide bonds. The van der Waals surface area contributed by atoms with Crippen LogP contribution in [0.25, 0.3) is 0 Å². The average Bonchev–Trinajstić information content (AvgIpc) is 2.79. The number of aromatic nitrogens is 1. The van der Waals surface area contributed by atoms with Crippen LogP contribution in [0.3, 0.4) is 0 Å². The lowest BCUT2D eigenvalue weighted by Crippen LogP contribution is -2.42. The normalized spacial score (nSPS) is 19.3. The van der Waals surface area contributed by atoms with Gasteiger partial charge in [0, 0.05) is 17.6 Å². The van der Waals surface area contributed by atoms with E-state index < -0.39 is 12.0 Å². The van der Waals surface area contributed by atoms with Gasteiger partial charge in [0.15, 0.2) is 0 Å². The summed E-state index contributed by atoms with van der Waals surface area (Å²) >= 11 is 1.46. The highest BCUT2D eigenvalue weighted by Gasteiger charge is 2.34. The molecule has 1 N–H and O–H groups in total. The zero-order chi connectivity index (χ0) is 12.3. The maximum Gasteiger partial charge on any atom is 0.327 e. The molecule has 1 aromatic rings. The van der Waals surface area contributed by atoms with Gasteiger partial charge in [0.2, 0.25) is 5.91 Å². The van der Waals surface area contributed by atoms with E-state index in [9.17, 15) is 9.59 Å². The quantitative estimate of drug-likeness (QED) is 0.853. The number of hydrogen-bond donors (Lipinski definition) is 1. The minimum absolute atomic E-state index is 0.158. The molecule has 1 aromatic heterocycles. The third-order valence-corrected chi connectivity index (χ3v) is 3.56. The van der Waals surface area contributed by atoms with Gasteiger partial charge >= 0.3 is 5.97 Å². The Morgan fingerprint density at radius 1 is 1.53 bits per heavy atom. The molecule has 2 heterocycles. The van der Waals surface area contributed by atoms with Gasteiger partial charge in [-0.25, -0.2) is 4.79 Å². The number of aliphatic carboxylic acids is 1. The van der Waals surface area contributed by atoms with Crippen LogP contribution in [0.15, 0.2) is 24.4 Å². The Balaban J connectivity index is 2.03. The molecule has 6 heteroatoms. The lowest BCUT2D eigenvalue weighted by molar-refractivity contribution is -0.147. The van der Waals surface area contributed by atoms with Gasteiger partial charge in [-0.2, -0.15) is 0 Å². The Morgan fingerprint density at radius 3 is 3.00 bits per heavy atom. The fourth-order valence-electron chi connectivity index (χ4n) is 1.65. The predicted molar refractivity (Wildman–Crippen MR) is 63.5 cm³/mol. The van der Waals surface area contributed by atoms with E-state index in [1.165, 1.54) is 16.7 Å². The summed E-state index contributed by atoms with van der Waals surface area (Å²) in [6.07, 6.45) is 1.78. The summed E-state index contributed by atoms with van der Waals surface area (Å²) in [7, 11) is 0. The van der Waals surface area contributed by atoms with Crippen LogP contribution in [-0.4, -0.2) is 44.5 Å². The summed E-state index contributed by atoms with van der Waals surface area (Å²) in [5.41, 5.74) is 0.665. The van der Waals surface area contributed by atoms with Crippen molar-refractivity contribution in [2.24, 2.45) is 0 Å². The molecule has 0 bridgehead atoms. The van der Waals surface area contributed by atoms with Crippen molar-refractivity contribution in [3.63, 3.8) is 0 Å². The highest BCUT2D eigenvalue weighted by Crippen LogP contribution is 2.21. The number of hydrogen-bond acceptors (Lipinski definition) is 4. The highest BCUT2D eigenvalue weighted by molar-refractivity contribution is 7.99. The second kappa shape index (κ2) is 5.18. The first-order valence-electron chi connectivity index (χ1n) is 5.18. The van der Waals surface area contributed by atoms with Crippen molar-refractivity contribution in [2.75, 3.05) is 11.6 Å². The van der Waals surface area contributed by atoms with Crippen LogP contribution in [0.5, 0.6) is 0 Å². The molecule has 90 valence electrons. The van der Waals surface area contributed by atoms with E-state index in [0.717, 1.165) is 0 Å². The van der Waals surface area contributed by atoms with Crippen molar-refractivity contribution in [3.05, 3.63) is 30.1 Å². The molecule has 0 saturated carbocycles. The molecule has 1 aliphatic rings. The van der Waals surface area contributed by atoms with Crippen LogP contribution in [0.2, 0.25) is 0 Å². The summed E-state index contributed by atoms with van der Waals surface area (Å²) in [4.78, 5) is 28.3. The number of carbonyl (C=O) groups is 2. The lowest BCUT2D eigenvalue weighted by Gasteiger charge is -2.20. The average molecular weight is 252 g/mol. The van der Waals surface area contributed by atoms with E-state index in [1.54, 1.807) is 18.3 Å². The molecular formula is C11H12N2O3S. The molecule has 5 nitrogen and oxygen atoms in total. The second-order valence-electron chi connectivity index (χ2n) is 3.72. The smallest absolute Gasteiger partial charge is 0.327 e. The molecule has 0 aromatic carbocycles. The third kappa shape index (κ3) is 2.76. The van der Waals surface area contributed by atoms with Gasteiger partial charge in [-0.15, -0.1) is 11.8 Å². The molecule has 17 heavy (non-hydrogen) atoms. The van der Waals surface area contributed by atoms with E-state index >= 15 is 0 Å². The summed E-state index contributed by atoms with van der Waals surface area (Å²) < 4.78 is 0. The highest BCUT2D eigenvalue weighted by atomic mass is 32.2. The topological polar surface area (TPSA) is 70.5 Å². The van der Waals surface area contributed by atoms with Crippen molar-refractivity contribution < 1.29 is 14.7 Å². The minimum Gasteiger partial charge on any atom is -0.480 e. The maximum absolute atomic E-state index is 11.9. The molecule has 0 aliphatic carbocycles. The Morgan fingerprint density at radius 2 is 2.35 bits per heavy atom. The zero-order valence-electron chi connectivity index (χ0n) is 9.07. The number of carboxylic acid groups (broad SMARTS) is 1. The largest absolute Gasteiger partial charge is 0.480 e. The number of amides is 1. The molecule has 1 saturated heterocycles. The summed E-state index contributed by atoms with van der Waals surface area (Å²) in [6, 6.07) is 4.65. The van der Waals surface area contributed by atoms with Crippen LogP contribution < -0.4 is 0 Å². The van der Waals surface area contributed by atoms with Crippen molar-refractivity contribution in [1.29, 1.82) is 0 Å². The van der Waals surface area contributed by atoms with Crippen molar-refractivity contribution in [2.45, 2.75) is 12.5 Å². The summed E-state index contributed by atoms with van der Waals surface area (Å²) in [5, 5.41) is 8.98. The SMILES string of the molecule is O=C(O)[C@@H]1CSCN1C(=O)Cc1ccccn1. The summed E-state index contributed by atoms with van der Waals surface area (Å²) in [6.45, 7) is 0. The molecule has 1 aliphatic heterocycles. The number of carbonyl (C=O) groups excluding carboxylic acids is 1. The van der Waals surface area contributed by atoms with Crippen LogP contribution >= 0.6 is 11.8 Å². The van der Waals surface area contributed by atoms with E-state index in [2.05, 4.69) is 4.98 Å². The number of pyridine rings is 1. The molecule has 0 spiro atoms. The Kier molecular flexibility index (Phi) is 3.63. The van der Waals surface area contributed by atoms with Crippen LogP contribution in [0.4, 0.5) is 0 Å². The van der Waals surface area contributed by atoms with E-state index in [4.69, 9.17) is 5.11 Å². The van der Waals surface area contributed by atoms with E-state index in [0.29, 0.717) is 17.3 Å². The standard InChI is InChI=1S/C11H12N2O3S/c14-10(5-8-3-1-2-4-12-8)13-7-17-6-9(13)11(15)16/h1-4,9H,5-7H2,(H,15,16)/t9-/m0/s1. The molecule has 0 radical (unpaired) electrons. The van der Waals surface area contributed by atoms with Gasteiger partial charge in [0.1, 0.15) is 6.04 Å². The molecule has 0 unspecified atom stereocenters. The monoisotopic (exact) mass is 252 g/mol.